The van der Waals surface area contributed by atoms with Crippen LogP contribution in [0.2, 0.25) is 0 Å². The van der Waals surface area contributed by atoms with E-state index < -0.39 is 0 Å². The Hall–Kier alpha value is -0.470. The lowest BCUT2D eigenvalue weighted by molar-refractivity contribution is 0.531. The molecule has 1 fully saturated rings. The molecule has 1 aromatic rings. The Bertz CT molecular complexity index is 358. The lowest BCUT2D eigenvalue weighted by atomic mass is 10.0. The Morgan fingerprint density at radius 2 is 1.71 bits per heavy atom. The van der Waals surface area contributed by atoms with E-state index in [9.17, 15) is 0 Å². The highest BCUT2D eigenvalue weighted by Crippen LogP contribution is 2.27. The number of piperidine rings is 1. The molecule has 0 aliphatic carbocycles. The molecule has 0 unspecified atom stereocenters. The van der Waals surface area contributed by atoms with Gasteiger partial charge in [-0.2, -0.15) is 11.8 Å². The van der Waals surface area contributed by atoms with E-state index in [1.54, 1.807) is 5.56 Å². The quantitative estimate of drug-likeness (QED) is 0.878. The van der Waals surface area contributed by atoms with E-state index in [1.165, 1.54) is 48.4 Å². The maximum atomic E-state index is 3.43. The minimum atomic E-state index is 0.858. The molecule has 1 heterocycles. The van der Waals surface area contributed by atoms with Gasteiger partial charge >= 0.3 is 0 Å². The zero-order chi connectivity index (χ0) is 12.3. The molecule has 0 amide bonds. The summed E-state index contributed by atoms with van der Waals surface area (Å²) >= 11 is 2.14. The molecule has 0 aromatic heterocycles. The molecule has 0 saturated carbocycles. The second kappa shape index (κ2) is 5.92. The first-order valence-electron chi connectivity index (χ1n) is 6.56. The summed E-state index contributed by atoms with van der Waals surface area (Å²) in [4.78, 5) is 0. The van der Waals surface area contributed by atoms with Crippen LogP contribution in [-0.4, -0.2) is 18.3 Å². The van der Waals surface area contributed by atoms with Gasteiger partial charge in [-0.05, 0) is 63.4 Å². The summed E-state index contributed by atoms with van der Waals surface area (Å²) in [6, 6.07) is 4.62. The summed E-state index contributed by atoms with van der Waals surface area (Å²) in [6.07, 6.45) is 2.66. The number of nitrogens with one attached hydrogen (secondary N) is 1. The molecule has 2 heteroatoms. The number of benzene rings is 1. The van der Waals surface area contributed by atoms with Gasteiger partial charge in [0, 0.05) is 11.0 Å². The van der Waals surface area contributed by atoms with Crippen molar-refractivity contribution >= 4 is 11.8 Å². The molecule has 0 radical (unpaired) electrons. The summed E-state index contributed by atoms with van der Waals surface area (Å²) in [5.41, 5.74) is 5.86. The molecule has 94 valence electrons. The van der Waals surface area contributed by atoms with E-state index in [0.717, 1.165) is 5.25 Å². The molecule has 1 saturated heterocycles. The van der Waals surface area contributed by atoms with Gasteiger partial charge in [0.15, 0.2) is 0 Å². The minimum absolute atomic E-state index is 0.858. The Kier molecular flexibility index (Phi) is 4.52. The fraction of sp³-hybridized carbons (Fsp3) is 0.600. The first kappa shape index (κ1) is 13.0. The van der Waals surface area contributed by atoms with Crippen molar-refractivity contribution in [3.05, 3.63) is 34.4 Å². The van der Waals surface area contributed by atoms with Gasteiger partial charge in [0.25, 0.3) is 0 Å². The van der Waals surface area contributed by atoms with E-state index in [4.69, 9.17) is 0 Å². The van der Waals surface area contributed by atoms with Crippen LogP contribution in [0, 0.1) is 20.8 Å². The van der Waals surface area contributed by atoms with Gasteiger partial charge in [-0.1, -0.05) is 17.7 Å². The van der Waals surface area contributed by atoms with Crippen molar-refractivity contribution in [1.82, 2.24) is 5.32 Å². The summed E-state index contributed by atoms with van der Waals surface area (Å²) in [7, 11) is 0. The molecule has 0 atom stereocenters. The van der Waals surface area contributed by atoms with E-state index >= 15 is 0 Å². The van der Waals surface area contributed by atoms with Crippen LogP contribution in [0.15, 0.2) is 12.1 Å². The average molecular weight is 249 g/mol. The predicted molar refractivity (Wildman–Crippen MR) is 77.8 cm³/mol. The number of rotatable bonds is 3. The maximum absolute atomic E-state index is 3.43. The van der Waals surface area contributed by atoms with Crippen LogP contribution in [0.3, 0.4) is 0 Å². The van der Waals surface area contributed by atoms with Gasteiger partial charge in [-0.15, -0.1) is 0 Å². The lowest BCUT2D eigenvalue weighted by Crippen LogP contribution is -2.29. The van der Waals surface area contributed by atoms with Crippen molar-refractivity contribution in [2.45, 2.75) is 44.6 Å². The molecule has 1 nitrogen and oxygen atoms in total. The highest BCUT2D eigenvalue weighted by molar-refractivity contribution is 7.99. The molecular weight excluding hydrogens is 226 g/mol. The molecule has 0 bridgehead atoms. The molecule has 1 aromatic carbocycles. The van der Waals surface area contributed by atoms with E-state index in [-0.39, 0.29) is 0 Å². The fourth-order valence-corrected chi connectivity index (χ4v) is 4.03. The summed E-state index contributed by atoms with van der Waals surface area (Å²) in [5.74, 6) is 1.18. The Balaban J connectivity index is 1.98. The predicted octanol–water partition coefficient (Wildman–Crippen LogP) is 3.60. The maximum Gasteiger partial charge on any atom is 0.0192 e. The molecule has 17 heavy (non-hydrogen) atoms. The summed E-state index contributed by atoms with van der Waals surface area (Å²) in [5, 5.41) is 4.29. The smallest absolute Gasteiger partial charge is 0.0192 e. The van der Waals surface area contributed by atoms with Crippen molar-refractivity contribution in [1.29, 1.82) is 0 Å². The van der Waals surface area contributed by atoms with Crippen molar-refractivity contribution in [3.63, 3.8) is 0 Å². The topological polar surface area (TPSA) is 12.0 Å². The zero-order valence-corrected chi connectivity index (χ0v) is 12.0. The molecule has 1 N–H and O–H groups in total. The normalized spacial score (nSPS) is 17.4. The molecule has 1 aliphatic heterocycles. The van der Waals surface area contributed by atoms with E-state index in [2.05, 4.69) is 50.0 Å². The van der Waals surface area contributed by atoms with Crippen LogP contribution in [0.5, 0.6) is 0 Å². The molecule has 1 aliphatic rings. The van der Waals surface area contributed by atoms with Crippen LogP contribution in [0.25, 0.3) is 0 Å². The van der Waals surface area contributed by atoms with Crippen LogP contribution in [0.4, 0.5) is 0 Å². The van der Waals surface area contributed by atoms with E-state index in [1.807, 2.05) is 0 Å². The number of hydrogen-bond acceptors (Lipinski definition) is 2. The number of thioether (sulfide) groups is 1. The van der Waals surface area contributed by atoms with Crippen molar-refractivity contribution in [3.8, 4) is 0 Å². The largest absolute Gasteiger partial charge is 0.317 e. The van der Waals surface area contributed by atoms with Crippen LogP contribution in [0.1, 0.15) is 35.1 Å². The second-order valence-corrected chi connectivity index (χ2v) is 6.43. The second-order valence-electron chi connectivity index (χ2n) is 5.14. The van der Waals surface area contributed by atoms with Crippen molar-refractivity contribution < 1.29 is 0 Å². The first-order chi connectivity index (χ1) is 8.16. The summed E-state index contributed by atoms with van der Waals surface area (Å²) in [6.45, 7) is 9.08. The van der Waals surface area contributed by atoms with Gasteiger partial charge in [0.1, 0.15) is 0 Å². The van der Waals surface area contributed by atoms with Gasteiger partial charge in [-0.3, -0.25) is 0 Å². The van der Waals surface area contributed by atoms with Gasteiger partial charge in [-0.25, -0.2) is 0 Å². The highest BCUT2D eigenvalue weighted by Gasteiger charge is 2.14. The third kappa shape index (κ3) is 3.49. The monoisotopic (exact) mass is 249 g/mol. The van der Waals surface area contributed by atoms with Gasteiger partial charge < -0.3 is 5.32 Å². The third-order valence-electron chi connectivity index (χ3n) is 3.59. The molecular formula is C15H23NS. The fourth-order valence-electron chi connectivity index (χ4n) is 2.60. The first-order valence-corrected chi connectivity index (χ1v) is 7.60. The lowest BCUT2D eigenvalue weighted by Gasteiger charge is -2.23. The number of aryl methyl sites for hydroxylation is 3. The molecule has 0 spiro atoms. The molecule has 2 rings (SSSR count). The van der Waals surface area contributed by atoms with Gasteiger partial charge in [0.2, 0.25) is 0 Å². The van der Waals surface area contributed by atoms with Crippen molar-refractivity contribution in [2.24, 2.45) is 0 Å². The van der Waals surface area contributed by atoms with Crippen LogP contribution < -0.4 is 5.32 Å². The van der Waals surface area contributed by atoms with Crippen molar-refractivity contribution in [2.75, 3.05) is 13.1 Å². The van der Waals surface area contributed by atoms with E-state index in [0.29, 0.717) is 0 Å². The standard InChI is InChI=1S/C15H23NS/c1-11-8-12(2)15(13(3)9-11)10-17-14-4-6-16-7-5-14/h8-9,14,16H,4-7,10H2,1-3H3. The zero-order valence-electron chi connectivity index (χ0n) is 11.2. The average Bonchev–Trinajstić information content (AvgIpc) is 2.29. The van der Waals surface area contributed by atoms with Gasteiger partial charge in [0.05, 0.1) is 0 Å². The third-order valence-corrected chi connectivity index (χ3v) is 4.99. The summed E-state index contributed by atoms with van der Waals surface area (Å²) < 4.78 is 0. The minimum Gasteiger partial charge on any atom is -0.317 e. The SMILES string of the molecule is Cc1cc(C)c(CSC2CCNCC2)c(C)c1. The highest BCUT2D eigenvalue weighted by atomic mass is 32.2. The van der Waals surface area contributed by atoms with Crippen LogP contribution >= 0.6 is 11.8 Å². The Morgan fingerprint density at radius 1 is 1.12 bits per heavy atom. The Labute approximate surface area is 109 Å². The van der Waals surface area contributed by atoms with Crippen LogP contribution in [-0.2, 0) is 5.75 Å². The Morgan fingerprint density at radius 3 is 2.29 bits per heavy atom. The number of hydrogen-bond donors (Lipinski definition) is 1.